The first-order valence-electron chi connectivity index (χ1n) is 12.8. The van der Waals surface area contributed by atoms with Gasteiger partial charge in [-0.3, -0.25) is 14.5 Å². The fourth-order valence-electron chi connectivity index (χ4n) is 4.52. The molecule has 210 valence electrons. The number of halogens is 1. The van der Waals surface area contributed by atoms with E-state index >= 15 is 0 Å². The van der Waals surface area contributed by atoms with Crippen LogP contribution in [0.2, 0.25) is 5.02 Å². The number of ether oxygens (including phenoxy) is 1. The average molecular weight is 616 g/mol. The fraction of sp³-hybridized carbons (Fsp3) is 0.0968. The third-order valence-electron chi connectivity index (χ3n) is 6.53. The Balaban J connectivity index is 1.33. The van der Waals surface area contributed by atoms with Crippen molar-refractivity contribution in [1.82, 2.24) is 10.2 Å². The number of benzene rings is 3. The highest BCUT2D eigenvalue weighted by Crippen LogP contribution is 2.44. The number of amides is 1. The van der Waals surface area contributed by atoms with Crippen molar-refractivity contribution in [2.24, 2.45) is 0 Å². The van der Waals surface area contributed by atoms with Crippen molar-refractivity contribution in [3.05, 3.63) is 136 Å². The van der Waals surface area contributed by atoms with E-state index in [0.717, 1.165) is 11.1 Å². The number of aliphatic hydroxyl groups is 1. The molecule has 3 heterocycles. The third kappa shape index (κ3) is 5.69. The first kappa shape index (κ1) is 27.8. The lowest BCUT2D eigenvalue weighted by molar-refractivity contribution is -0.117. The van der Waals surface area contributed by atoms with Crippen molar-refractivity contribution in [2.45, 2.75) is 22.7 Å². The molecule has 0 bridgehead atoms. The van der Waals surface area contributed by atoms with Gasteiger partial charge in [0.2, 0.25) is 10.9 Å². The van der Waals surface area contributed by atoms with Gasteiger partial charge in [0.25, 0.3) is 5.91 Å². The second kappa shape index (κ2) is 12.2. The van der Waals surface area contributed by atoms with Gasteiger partial charge in [-0.2, -0.15) is 0 Å². The molecule has 11 heteroatoms. The molecule has 1 atom stereocenters. The van der Waals surface area contributed by atoms with Crippen LogP contribution in [0, 0.1) is 0 Å². The van der Waals surface area contributed by atoms with Gasteiger partial charge < -0.3 is 14.3 Å². The minimum Gasteiger partial charge on any atom is -0.503 e. The molecule has 5 aromatic rings. The number of anilines is 1. The van der Waals surface area contributed by atoms with Gasteiger partial charge in [-0.1, -0.05) is 95.4 Å². The van der Waals surface area contributed by atoms with E-state index in [1.165, 1.54) is 40.3 Å². The molecule has 1 aliphatic heterocycles. The summed E-state index contributed by atoms with van der Waals surface area (Å²) in [6.45, 7) is 0.333. The Morgan fingerprint density at radius 1 is 1.02 bits per heavy atom. The second-order valence-corrected chi connectivity index (χ2v) is 11.8. The SMILES string of the molecule is O=C(C1=C(O)C(=O)N(c2nnc(SCc3ccccc3Cl)s2)C1c1cccc(OCc2ccccc2)c1)c1ccco1. The number of nitrogens with zero attached hydrogens (tertiary/aromatic N) is 3. The van der Waals surface area contributed by atoms with Crippen molar-refractivity contribution in [1.29, 1.82) is 0 Å². The number of rotatable bonds is 10. The minimum absolute atomic E-state index is 0.000861. The maximum Gasteiger partial charge on any atom is 0.296 e. The van der Waals surface area contributed by atoms with Crippen LogP contribution in [-0.4, -0.2) is 27.0 Å². The number of aromatic nitrogens is 2. The predicted molar refractivity (Wildman–Crippen MR) is 161 cm³/mol. The van der Waals surface area contributed by atoms with Crippen LogP contribution in [0.25, 0.3) is 0 Å². The Labute approximate surface area is 254 Å². The smallest absolute Gasteiger partial charge is 0.296 e. The van der Waals surface area contributed by atoms with Crippen LogP contribution in [0.1, 0.15) is 33.3 Å². The summed E-state index contributed by atoms with van der Waals surface area (Å²) in [5.74, 6) is -0.944. The standard InChI is InChI=1S/C31H22ClN3O5S2/c32-23-13-5-4-10-21(23)18-41-31-34-33-30(42-31)35-26(25(28(37)29(35)38)27(36)24-14-7-15-39-24)20-11-6-12-22(16-20)40-17-19-8-2-1-3-9-19/h1-16,26,37H,17-18H2. The summed E-state index contributed by atoms with van der Waals surface area (Å²) >= 11 is 8.90. The Hall–Kier alpha value is -4.38. The van der Waals surface area contributed by atoms with Crippen molar-refractivity contribution in [3.8, 4) is 5.75 Å². The summed E-state index contributed by atoms with van der Waals surface area (Å²) in [7, 11) is 0. The summed E-state index contributed by atoms with van der Waals surface area (Å²) in [5, 5.41) is 20.4. The number of hydrogen-bond donors (Lipinski definition) is 1. The van der Waals surface area contributed by atoms with Gasteiger partial charge in [0.15, 0.2) is 15.9 Å². The Morgan fingerprint density at radius 2 is 1.83 bits per heavy atom. The summed E-state index contributed by atoms with van der Waals surface area (Å²) in [5.41, 5.74) is 2.36. The normalized spacial score (nSPS) is 14.9. The molecule has 0 saturated heterocycles. The molecular weight excluding hydrogens is 594 g/mol. The van der Waals surface area contributed by atoms with E-state index in [1.807, 2.05) is 54.6 Å². The lowest BCUT2D eigenvalue weighted by atomic mass is 9.95. The van der Waals surface area contributed by atoms with Crippen molar-refractivity contribution >= 4 is 51.5 Å². The van der Waals surface area contributed by atoms with Gasteiger partial charge in [-0.25, -0.2) is 0 Å². The zero-order valence-corrected chi connectivity index (χ0v) is 24.2. The molecule has 3 aromatic carbocycles. The highest BCUT2D eigenvalue weighted by molar-refractivity contribution is 8.00. The minimum atomic E-state index is -0.996. The van der Waals surface area contributed by atoms with Gasteiger partial charge in [-0.05, 0) is 47.0 Å². The predicted octanol–water partition coefficient (Wildman–Crippen LogP) is 7.44. The van der Waals surface area contributed by atoms with Crippen LogP contribution in [0.3, 0.4) is 0 Å². The first-order chi connectivity index (χ1) is 20.5. The Bertz CT molecular complexity index is 1770. The molecule has 2 aromatic heterocycles. The van der Waals surface area contributed by atoms with Crippen LogP contribution in [0.15, 0.2) is 117 Å². The van der Waals surface area contributed by atoms with Gasteiger partial charge >= 0.3 is 0 Å². The van der Waals surface area contributed by atoms with Gasteiger partial charge in [0.05, 0.1) is 17.9 Å². The maximum absolute atomic E-state index is 13.5. The highest BCUT2D eigenvalue weighted by Gasteiger charge is 2.46. The summed E-state index contributed by atoms with van der Waals surface area (Å²) < 4.78 is 11.9. The third-order valence-corrected chi connectivity index (χ3v) is 9.00. The van der Waals surface area contributed by atoms with E-state index < -0.39 is 23.5 Å². The largest absolute Gasteiger partial charge is 0.503 e. The topological polar surface area (TPSA) is 106 Å². The van der Waals surface area contributed by atoms with Crippen LogP contribution >= 0.6 is 34.7 Å². The molecule has 0 fully saturated rings. The molecule has 1 N–H and O–H groups in total. The molecule has 6 rings (SSSR count). The monoisotopic (exact) mass is 615 g/mol. The van der Waals surface area contributed by atoms with E-state index in [-0.39, 0.29) is 16.5 Å². The van der Waals surface area contributed by atoms with Crippen molar-refractivity contribution in [2.75, 3.05) is 4.90 Å². The van der Waals surface area contributed by atoms with Crippen LogP contribution < -0.4 is 9.64 Å². The van der Waals surface area contributed by atoms with Crippen LogP contribution in [-0.2, 0) is 17.2 Å². The summed E-state index contributed by atoms with van der Waals surface area (Å²) in [4.78, 5) is 28.4. The van der Waals surface area contributed by atoms with Gasteiger partial charge in [0.1, 0.15) is 12.4 Å². The van der Waals surface area contributed by atoms with E-state index in [2.05, 4.69) is 10.2 Å². The number of hydrogen-bond acceptors (Lipinski definition) is 9. The number of Topliss-reactive ketones (excluding diaryl/α,β-unsaturated/α-hetero) is 1. The van der Waals surface area contributed by atoms with E-state index in [9.17, 15) is 14.7 Å². The molecule has 0 saturated carbocycles. The number of furan rings is 1. The molecule has 8 nitrogen and oxygen atoms in total. The number of carbonyl (C=O) groups is 2. The van der Waals surface area contributed by atoms with Crippen LogP contribution in [0.4, 0.5) is 5.13 Å². The first-order valence-corrected chi connectivity index (χ1v) is 15.0. The van der Waals surface area contributed by atoms with E-state index in [4.69, 9.17) is 20.8 Å². The molecule has 1 unspecified atom stereocenters. The average Bonchev–Trinajstić information content (AvgIpc) is 3.77. The molecule has 0 aliphatic carbocycles. The number of thioether (sulfide) groups is 1. The zero-order valence-electron chi connectivity index (χ0n) is 21.8. The van der Waals surface area contributed by atoms with Gasteiger partial charge in [-0.15, -0.1) is 10.2 Å². The number of aliphatic hydroxyl groups excluding tert-OH is 1. The van der Waals surface area contributed by atoms with Gasteiger partial charge in [0, 0.05) is 10.8 Å². The van der Waals surface area contributed by atoms with Crippen molar-refractivity contribution in [3.63, 3.8) is 0 Å². The van der Waals surface area contributed by atoms with Crippen LogP contribution in [0.5, 0.6) is 5.75 Å². The number of carbonyl (C=O) groups excluding carboxylic acids is 2. The quantitative estimate of drug-likeness (QED) is 0.0981. The molecule has 0 radical (unpaired) electrons. The summed E-state index contributed by atoms with van der Waals surface area (Å²) in [6, 6.07) is 26.4. The van der Waals surface area contributed by atoms with E-state index in [0.29, 0.717) is 33.0 Å². The highest BCUT2D eigenvalue weighted by atomic mass is 35.5. The Kier molecular flexibility index (Phi) is 8.09. The molecule has 0 spiro atoms. The molecular formula is C31H22ClN3O5S2. The summed E-state index contributed by atoms with van der Waals surface area (Å²) in [6.07, 6.45) is 1.36. The fourth-order valence-corrected chi connectivity index (χ4v) is 6.67. The lowest BCUT2D eigenvalue weighted by Crippen LogP contribution is -2.31. The number of ketones is 1. The molecule has 1 amide bonds. The molecule has 1 aliphatic rings. The second-order valence-electron chi connectivity index (χ2n) is 9.22. The lowest BCUT2D eigenvalue weighted by Gasteiger charge is -2.24. The van der Waals surface area contributed by atoms with Crippen molar-refractivity contribution < 1.29 is 23.8 Å². The molecule has 42 heavy (non-hydrogen) atoms. The maximum atomic E-state index is 13.5. The Morgan fingerprint density at radius 3 is 2.62 bits per heavy atom. The van der Waals surface area contributed by atoms with E-state index in [1.54, 1.807) is 30.3 Å². The zero-order chi connectivity index (χ0) is 29.1.